The topological polar surface area (TPSA) is 76.8 Å². The Morgan fingerprint density at radius 1 is 1.37 bits per heavy atom. The highest BCUT2D eigenvalue weighted by molar-refractivity contribution is 5.90. The van der Waals surface area contributed by atoms with E-state index in [-0.39, 0.29) is 31.4 Å². The van der Waals surface area contributed by atoms with Crippen LogP contribution < -0.4 is 15.0 Å². The Kier molecular flexibility index (Phi) is 5.98. The Bertz CT molecular complexity index is 828. The van der Waals surface area contributed by atoms with Gasteiger partial charge >= 0.3 is 6.09 Å². The lowest BCUT2D eigenvalue weighted by molar-refractivity contribution is 0.102. The number of nitrogens with one attached hydrogen (secondary N) is 1. The van der Waals surface area contributed by atoms with E-state index >= 15 is 0 Å². The third-order valence-electron chi connectivity index (χ3n) is 4.38. The van der Waals surface area contributed by atoms with Crippen LogP contribution in [0.25, 0.3) is 5.57 Å². The molecule has 0 aliphatic carbocycles. The van der Waals surface area contributed by atoms with Gasteiger partial charge in [0, 0.05) is 18.2 Å². The summed E-state index contributed by atoms with van der Waals surface area (Å²) in [6.07, 6.45) is 3.18. The van der Waals surface area contributed by atoms with Crippen molar-refractivity contribution in [1.82, 2.24) is 10.5 Å². The van der Waals surface area contributed by atoms with Gasteiger partial charge in [0.15, 0.2) is 6.10 Å². The van der Waals surface area contributed by atoms with Gasteiger partial charge in [0.2, 0.25) is 0 Å². The molecule has 0 saturated carbocycles. The lowest BCUT2D eigenvalue weighted by Crippen LogP contribution is -2.26. The van der Waals surface area contributed by atoms with E-state index in [4.69, 9.17) is 9.47 Å². The fourth-order valence-electron chi connectivity index (χ4n) is 3.07. The highest BCUT2D eigenvalue weighted by Crippen LogP contribution is 2.28. The van der Waals surface area contributed by atoms with E-state index in [1.807, 2.05) is 6.08 Å². The van der Waals surface area contributed by atoms with Crippen LogP contribution in [-0.4, -0.2) is 43.6 Å². The number of hydrogen-bond acceptors (Lipinski definition) is 6. The van der Waals surface area contributed by atoms with Crippen LogP contribution in [0.5, 0.6) is 5.88 Å². The standard InChI is InChI=1S/C18H18FN3O4.ClH/c19-16-9-13(1-2-15(16)12-3-6-20-7-4-12)22-10-14(26-18(22)23)11-24-17-5-8-25-21-17;/h1-3,5,8-9,14,20H,4,6-7,10-11H2;1H. The third-order valence-corrected chi connectivity index (χ3v) is 4.38. The van der Waals surface area contributed by atoms with Crippen molar-refractivity contribution in [2.45, 2.75) is 12.5 Å². The van der Waals surface area contributed by atoms with Crippen molar-refractivity contribution in [1.29, 1.82) is 0 Å². The van der Waals surface area contributed by atoms with E-state index in [0.29, 0.717) is 17.1 Å². The molecule has 2 aliphatic rings. The number of nitrogens with zero attached hydrogens (tertiary/aromatic N) is 2. The smallest absolute Gasteiger partial charge is 0.414 e. The van der Waals surface area contributed by atoms with E-state index in [1.165, 1.54) is 17.2 Å². The van der Waals surface area contributed by atoms with Crippen LogP contribution in [0, 0.1) is 5.82 Å². The molecule has 7 nitrogen and oxygen atoms in total. The Morgan fingerprint density at radius 3 is 2.96 bits per heavy atom. The monoisotopic (exact) mass is 395 g/mol. The highest BCUT2D eigenvalue weighted by Gasteiger charge is 2.33. The number of amides is 1. The van der Waals surface area contributed by atoms with Crippen molar-refractivity contribution in [3.8, 4) is 5.88 Å². The zero-order valence-corrected chi connectivity index (χ0v) is 15.2. The number of benzene rings is 1. The number of hydrogen-bond donors (Lipinski definition) is 1. The summed E-state index contributed by atoms with van der Waals surface area (Å²) in [5.41, 5.74) is 2.03. The summed E-state index contributed by atoms with van der Waals surface area (Å²) in [5.74, 6) is -0.0177. The van der Waals surface area contributed by atoms with Crippen LogP contribution >= 0.6 is 12.4 Å². The fraction of sp³-hybridized carbons (Fsp3) is 0.333. The molecule has 2 aliphatic heterocycles. The van der Waals surface area contributed by atoms with Gasteiger partial charge in [-0.05, 0) is 41.9 Å². The quantitative estimate of drug-likeness (QED) is 0.838. The molecule has 27 heavy (non-hydrogen) atoms. The largest absolute Gasteiger partial charge is 0.471 e. The van der Waals surface area contributed by atoms with Crippen molar-refractivity contribution >= 4 is 29.8 Å². The zero-order valence-electron chi connectivity index (χ0n) is 14.4. The van der Waals surface area contributed by atoms with Gasteiger partial charge in [-0.2, -0.15) is 0 Å². The first-order valence-corrected chi connectivity index (χ1v) is 8.42. The first kappa shape index (κ1) is 19.2. The van der Waals surface area contributed by atoms with Crippen molar-refractivity contribution in [2.75, 3.05) is 31.1 Å². The molecular formula is C18H19ClFN3O4. The van der Waals surface area contributed by atoms with Gasteiger partial charge in [0.05, 0.1) is 12.2 Å². The Morgan fingerprint density at radius 2 is 2.26 bits per heavy atom. The van der Waals surface area contributed by atoms with Gasteiger partial charge < -0.3 is 19.3 Å². The number of anilines is 1. The number of carbonyl (C=O) groups excluding carboxylic acids is 1. The van der Waals surface area contributed by atoms with Gasteiger partial charge in [-0.3, -0.25) is 4.90 Å². The van der Waals surface area contributed by atoms with Crippen molar-refractivity contribution < 1.29 is 23.2 Å². The number of rotatable bonds is 5. The maximum Gasteiger partial charge on any atom is 0.414 e. The molecule has 4 rings (SSSR count). The van der Waals surface area contributed by atoms with Crippen molar-refractivity contribution in [3.63, 3.8) is 0 Å². The lowest BCUT2D eigenvalue weighted by atomic mass is 9.99. The van der Waals surface area contributed by atoms with Crippen LogP contribution in [0.3, 0.4) is 0 Å². The van der Waals surface area contributed by atoms with Crippen molar-refractivity contribution in [2.24, 2.45) is 0 Å². The molecule has 1 fully saturated rings. The van der Waals surface area contributed by atoms with Crippen LogP contribution in [0.4, 0.5) is 14.9 Å². The summed E-state index contributed by atoms with van der Waals surface area (Å²) in [7, 11) is 0. The van der Waals surface area contributed by atoms with Gasteiger partial charge in [0.1, 0.15) is 18.7 Å². The van der Waals surface area contributed by atoms with Gasteiger partial charge in [-0.1, -0.05) is 6.08 Å². The Balaban J connectivity index is 0.00000210. The molecule has 1 N–H and O–H groups in total. The summed E-state index contributed by atoms with van der Waals surface area (Å²) in [4.78, 5) is 13.5. The van der Waals surface area contributed by atoms with Crippen LogP contribution in [0.1, 0.15) is 12.0 Å². The molecule has 1 saturated heterocycles. The molecule has 9 heteroatoms. The van der Waals surface area contributed by atoms with E-state index < -0.39 is 12.2 Å². The van der Waals surface area contributed by atoms with Gasteiger partial charge in [0.25, 0.3) is 5.88 Å². The molecule has 1 amide bonds. The van der Waals surface area contributed by atoms with Gasteiger partial charge in [-0.25, -0.2) is 9.18 Å². The summed E-state index contributed by atoms with van der Waals surface area (Å²) in [5, 5.41) is 6.83. The average Bonchev–Trinajstić information content (AvgIpc) is 3.30. The molecule has 2 aromatic rings. The van der Waals surface area contributed by atoms with E-state index in [9.17, 15) is 9.18 Å². The number of carbonyl (C=O) groups is 1. The number of aromatic nitrogens is 1. The number of halogens is 2. The number of cyclic esters (lactones) is 1. The molecule has 1 aromatic heterocycles. The fourth-order valence-corrected chi connectivity index (χ4v) is 3.07. The Labute approximate surface area is 161 Å². The molecule has 0 radical (unpaired) electrons. The minimum absolute atomic E-state index is 0. The molecule has 0 spiro atoms. The van der Waals surface area contributed by atoms with E-state index in [1.54, 1.807) is 18.2 Å². The number of ether oxygens (including phenoxy) is 2. The third kappa shape index (κ3) is 4.23. The van der Waals surface area contributed by atoms with Gasteiger partial charge in [-0.15, -0.1) is 12.4 Å². The molecule has 3 heterocycles. The maximum absolute atomic E-state index is 14.6. The molecule has 1 atom stereocenters. The van der Waals surface area contributed by atoms with E-state index in [0.717, 1.165) is 25.1 Å². The molecule has 144 valence electrons. The summed E-state index contributed by atoms with van der Waals surface area (Å²) < 4.78 is 29.9. The highest BCUT2D eigenvalue weighted by atomic mass is 35.5. The zero-order chi connectivity index (χ0) is 17.9. The molecule has 1 aromatic carbocycles. The maximum atomic E-state index is 14.6. The average molecular weight is 396 g/mol. The normalized spacial score (nSPS) is 19.3. The molecule has 0 bridgehead atoms. The minimum atomic E-state index is -0.521. The Hall–Kier alpha value is -2.58. The summed E-state index contributed by atoms with van der Waals surface area (Å²) in [6, 6.07) is 6.40. The first-order valence-electron chi connectivity index (χ1n) is 8.42. The molecular weight excluding hydrogens is 377 g/mol. The van der Waals surface area contributed by atoms with Crippen LogP contribution in [0.2, 0.25) is 0 Å². The van der Waals surface area contributed by atoms with Crippen LogP contribution in [-0.2, 0) is 4.74 Å². The molecule has 1 unspecified atom stereocenters. The SMILES string of the molecule is Cl.O=C1OC(COc2ccon2)CN1c1ccc(C2=CCNCC2)c(F)c1. The first-order chi connectivity index (χ1) is 12.7. The second-order valence-corrected chi connectivity index (χ2v) is 6.11. The summed E-state index contributed by atoms with van der Waals surface area (Å²) >= 11 is 0. The second kappa shape index (κ2) is 8.41. The van der Waals surface area contributed by atoms with Crippen LogP contribution in [0.15, 0.2) is 41.1 Å². The predicted octanol–water partition coefficient (Wildman–Crippen LogP) is 3.02. The predicted molar refractivity (Wildman–Crippen MR) is 98.7 cm³/mol. The van der Waals surface area contributed by atoms with Crippen molar-refractivity contribution in [3.05, 3.63) is 48.0 Å². The lowest BCUT2D eigenvalue weighted by Gasteiger charge is -2.17. The second-order valence-electron chi connectivity index (χ2n) is 6.11. The summed E-state index contributed by atoms with van der Waals surface area (Å²) in [6.45, 7) is 2.00. The minimum Gasteiger partial charge on any atom is -0.471 e. The van der Waals surface area contributed by atoms with E-state index in [2.05, 4.69) is 15.0 Å².